The van der Waals surface area contributed by atoms with E-state index in [4.69, 9.17) is 9.26 Å². The number of hydrogen-bond acceptors (Lipinski definition) is 7. The van der Waals surface area contributed by atoms with Crippen molar-refractivity contribution in [1.29, 1.82) is 0 Å². The zero-order valence-electron chi connectivity index (χ0n) is 14.0. The Bertz CT molecular complexity index is 564. The largest absolute Gasteiger partial charge is 0.469 e. The summed E-state index contributed by atoms with van der Waals surface area (Å²) < 4.78 is 15.1. The molecule has 1 aromatic rings. The van der Waals surface area contributed by atoms with E-state index in [2.05, 4.69) is 14.9 Å². The van der Waals surface area contributed by atoms with Crippen molar-refractivity contribution in [2.24, 2.45) is 0 Å². The molecule has 1 saturated heterocycles. The lowest BCUT2D eigenvalue weighted by molar-refractivity contribution is -0.140. The Morgan fingerprint density at radius 2 is 2.13 bits per heavy atom. The van der Waals surface area contributed by atoms with Crippen LogP contribution in [0.15, 0.2) is 4.52 Å². The van der Waals surface area contributed by atoms with E-state index in [1.54, 1.807) is 4.90 Å². The molecule has 0 bridgehead atoms. The molecule has 23 heavy (non-hydrogen) atoms. The first kappa shape index (κ1) is 17.2. The minimum absolute atomic E-state index is 0.179. The Morgan fingerprint density at radius 1 is 1.39 bits per heavy atom. The Morgan fingerprint density at radius 3 is 2.78 bits per heavy atom. The summed E-state index contributed by atoms with van der Waals surface area (Å²) in [6.07, 6.45) is 1.74. The van der Waals surface area contributed by atoms with Gasteiger partial charge in [0, 0.05) is 13.0 Å². The molecule has 2 heterocycles. The van der Waals surface area contributed by atoms with Gasteiger partial charge >= 0.3 is 12.1 Å². The van der Waals surface area contributed by atoms with Gasteiger partial charge in [-0.1, -0.05) is 5.16 Å². The first-order valence-corrected chi connectivity index (χ1v) is 7.69. The third kappa shape index (κ3) is 4.67. The fraction of sp³-hybridized carbons (Fsp3) is 0.733. The molecule has 1 unspecified atom stereocenters. The van der Waals surface area contributed by atoms with Gasteiger partial charge in [-0.2, -0.15) is 4.98 Å². The van der Waals surface area contributed by atoms with Crippen molar-refractivity contribution in [3.8, 4) is 0 Å². The molecular formula is C15H23N3O5. The van der Waals surface area contributed by atoms with E-state index >= 15 is 0 Å². The van der Waals surface area contributed by atoms with Crippen LogP contribution in [0, 0.1) is 0 Å². The number of carbonyl (C=O) groups is 2. The van der Waals surface area contributed by atoms with Gasteiger partial charge in [0.1, 0.15) is 5.60 Å². The standard InChI is InChI=1S/C15H23N3O5/c1-15(2,3)22-14(20)18-9-5-6-10(18)13-16-11(23-17-13)7-8-12(19)21-4/h10H,5-9H2,1-4H3. The van der Waals surface area contributed by atoms with E-state index in [1.807, 2.05) is 20.8 Å². The maximum Gasteiger partial charge on any atom is 0.410 e. The van der Waals surface area contributed by atoms with Crippen LogP contribution >= 0.6 is 0 Å². The van der Waals surface area contributed by atoms with Gasteiger partial charge in [0.25, 0.3) is 0 Å². The Balaban J connectivity index is 2.01. The fourth-order valence-electron chi connectivity index (χ4n) is 2.39. The number of hydrogen-bond donors (Lipinski definition) is 0. The quantitative estimate of drug-likeness (QED) is 0.783. The van der Waals surface area contributed by atoms with Crippen LogP contribution in [0.1, 0.15) is 57.8 Å². The van der Waals surface area contributed by atoms with Gasteiger partial charge in [0.2, 0.25) is 5.89 Å². The molecule has 0 radical (unpaired) electrons. The number of nitrogens with zero attached hydrogens (tertiary/aromatic N) is 3. The second-order valence-corrected chi connectivity index (χ2v) is 6.45. The number of ether oxygens (including phenoxy) is 2. The number of amides is 1. The predicted molar refractivity (Wildman–Crippen MR) is 79.6 cm³/mol. The van der Waals surface area contributed by atoms with E-state index < -0.39 is 5.60 Å². The Labute approximate surface area is 135 Å². The third-order valence-corrected chi connectivity index (χ3v) is 3.43. The monoisotopic (exact) mass is 325 g/mol. The Kier molecular flexibility index (Phi) is 5.23. The minimum atomic E-state index is -0.548. The molecular weight excluding hydrogens is 302 g/mol. The van der Waals surface area contributed by atoms with Crippen LogP contribution in [0.2, 0.25) is 0 Å². The summed E-state index contributed by atoms with van der Waals surface area (Å²) in [5.41, 5.74) is -0.548. The average molecular weight is 325 g/mol. The van der Waals surface area contributed by atoms with E-state index in [1.165, 1.54) is 7.11 Å². The van der Waals surface area contributed by atoms with Crippen molar-refractivity contribution in [3.63, 3.8) is 0 Å². The van der Waals surface area contributed by atoms with Gasteiger partial charge in [-0.3, -0.25) is 9.69 Å². The van der Waals surface area contributed by atoms with E-state index in [9.17, 15) is 9.59 Å². The number of likely N-dealkylation sites (tertiary alicyclic amines) is 1. The molecule has 1 amide bonds. The van der Waals surface area contributed by atoms with Gasteiger partial charge < -0.3 is 14.0 Å². The molecule has 0 spiro atoms. The van der Waals surface area contributed by atoms with Crippen molar-refractivity contribution in [3.05, 3.63) is 11.7 Å². The topological polar surface area (TPSA) is 94.8 Å². The molecule has 2 rings (SSSR count). The number of esters is 1. The summed E-state index contributed by atoms with van der Waals surface area (Å²) in [4.78, 5) is 29.3. The van der Waals surface area contributed by atoms with Crippen molar-refractivity contribution < 1.29 is 23.6 Å². The number of aromatic nitrogens is 2. The summed E-state index contributed by atoms with van der Waals surface area (Å²) in [5, 5.41) is 3.94. The third-order valence-electron chi connectivity index (χ3n) is 3.43. The molecule has 1 atom stereocenters. The molecule has 8 nitrogen and oxygen atoms in total. The lowest BCUT2D eigenvalue weighted by atomic mass is 10.2. The first-order valence-electron chi connectivity index (χ1n) is 7.69. The van der Waals surface area contributed by atoms with E-state index in [0.717, 1.165) is 12.8 Å². The Hall–Kier alpha value is -2.12. The number of methoxy groups -OCH3 is 1. The minimum Gasteiger partial charge on any atom is -0.469 e. The maximum absolute atomic E-state index is 12.3. The van der Waals surface area contributed by atoms with Crippen molar-refractivity contribution in [2.75, 3.05) is 13.7 Å². The van der Waals surface area contributed by atoms with Crippen molar-refractivity contribution >= 4 is 12.1 Å². The molecule has 0 aliphatic carbocycles. The zero-order chi connectivity index (χ0) is 17.0. The number of carbonyl (C=O) groups excluding carboxylic acids is 2. The smallest absolute Gasteiger partial charge is 0.410 e. The molecule has 1 fully saturated rings. The highest BCUT2D eigenvalue weighted by Crippen LogP contribution is 2.31. The summed E-state index contributed by atoms with van der Waals surface area (Å²) in [6, 6.07) is -0.250. The average Bonchev–Trinajstić information content (AvgIpc) is 3.11. The summed E-state index contributed by atoms with van der Waals surface area (Å²) in [7, 11) is 1.33. The molecule has 0 saturated carbocycles. The van der Waals surface area contributed by atoms with Crippen molar-refractivity contribution in [1.82, 2.24) is 15.0 Å². The van der Waals surface area contributed by atoms with Crippen LogP contribution in [0.25, 0.3) is 0 Å². The zero-order valence-corrected chi connectivity index (χ0v) is 14.0. The molecule has 8 heteroatoms. The SMILES string of the molecule is COC(=O)CCc1nc(C2CCCN2C(=O)OC(C)(C)C)no1. The van der Waals surface area contributed by atoms with Crippen LogP contribution in [0.4, 0.5) is 4.79 Å². The first-order chi connectivity index (χ1) is 10.8. The highest BCUT2D eigenvalue weighted by atomic mass is 16.6. The second kappa shape index (κ2) is 6.97. The number of rotatable bonds is 4. The van der Waals surface area contributed by atoms with Gasteiger partial charge in [-0.15, -0.1) is 0 Å². The highest BCUT2D eigenvalue weighted by molar-refractivity contribution is 5.69. The van der Waals surface area contributed by atoms with Gasteiger partial charge in [0.15, 0.2) is 5.82 Å². The van der Waals surface area contributed by atoms with Crippen LogP contribution < -0.4 is 0 Å². The summed E-state index contributed by atoms with van der Waals surface area (Å²) in [6.45, 7) is 6.09. The molecule has 1 aliphatic rings. The number of aryl methyl sites for hydroxylation is 1. The van der Waals surface area contributed by atoms with E-state index in [-0.39, 0.29) is 24.5 Å². The van der Waals surface area contributed by atoms with Gasteiger partial charge in [-0.25, -0.2) is 4.79 Å². The summed E-state index contributed by atoms with van der Waals surface area (Å²) in [5.74, 6) is 0.482. The van der Waals surface area contributed by atoms with Gasteiger partial charge in [0.05, 0.1) is 19.6 Å². The maximum atomic E-state index is 12.3. The molecule has 1 aliphatic heterocycles. The van der Waals surface area contributed by atoms with Crippen LogP contribution in [-0.2, 0) is 20.7 Å². The lowest BCUT2D eigenvalue weighted by Gasteiger charge is -2.27. The molecule has 128 valence electrons. The highest BCUT2D eigenvalue weighted by Gasteiger charge is 2.35. The lowest BCUT2D eigenvalue weighted by Crippen LogP contribution is -2.36. The molecule has 0 aromatic carbocycles. The summed E-state index contributed by atoms with van der Waals surface area (Å²) >= 11 is 0. The predicted octanol–water partition coefficient (Wildman–Crippen LogP) is 2.25. The van der Waals surface area contributed by atoms with Gasteiger partial charge in [-0.05, 0) is 33.6 Å². The fourth-order valence-corrected chi connectivity index (χ4v) is 2.39. The molecule has 0 N–H and O–H groups in total. The van der Waals surface area contributed by atoms with Crippen molar-refractivity contribution in [2.45, 2.75) is 58.1 Å². The second-order valence-electron chi connectivity index (χ2n) is 6.45. The van der Waals surface area contributed by atoms with Crippen LogP contribution in [0.3, 0.4) is 0 Å². The normalized spacial score (nSPS) is 18.1. The van der Waals surface area contributed by atoms with Crippen LogP contribution in [0.5, 0.6) is 0 Å². The van der Waals surface area contributed by atoms with E-state index in [0.29, 0.717) is 24.7 Å². The van der Waals surface area contributed by atoms with Crippen LogP contribution in [-0.4, -0.2) is 46.4 Å². The molecule has 1 aromatic heterocycles.